The number of piperidine rings is 2. The minimum atomic E-state index is -0.0386. The molecule has 0 aromatic heterocycles. The van der Waals surface area contributed by atoms with Crippen LogP contribution < -0.4 is 0 Å². The maximum absolute atomic E-state index is 12.9. The first-order chi connectivity index (χ1) is 12.1. The Morgan fingerprint density at radius 1 is 1.24 bits per heavy atom. The molecule has 2 saturated heterocycles. The molecule has 5 heteroatoms. The van der Waals surface area contributed by atoms with E-state index < -0.39 is 0 Å². The Balaban J connectivity index is 1.76. The number of benzene rings is 1. The van der Waals surface area contributed by atoms with Gasteiger partial charge < -0.3 is 9.80 Å². The zero-order valence-corrected chi connectivity index (χ0v) is 16.1. The predicted molar refractivity (Wildman–Crippen MR) is 103 cm³/mol. The first-order valence-electron chi connectivity index (χ1n) is 9.19. The van der Waals surface area contributed by atoms with E-state index in [4.69, 9.17) is 0 Å². The van der Waals surface area contributed by atoms with Crippen LogP contribution in [0.5, 0.6) is 0 Å². The van der Waals surface area contributed by atoms with Gasteiger partial charge in [0.2, 0.25) is 11.8 Å². The maximum atomic E-state index is 12.9. The topological polar surface area (TPSA) is 40.6 Å². The van der Waals surface area contributed by atoms with E-state index in [0.717, 1.165) is 51.0 Å². The average Bonchev–Trinajstić information content (AvgIpc) is 2.65. The Morgan fingerprint density at radius 3 is 2.52 bits per heavy atom. The lowest BCUT2D eigenvalue weighted by Gasteiger charge is -2.49. The third kappa shape index (κ3) is 3.86. The molecule has 1 atom stereocenters. The molecule has 2 fully saturated rings. The minimum absolute atomic E-state index is 0.0386. The van der Waals surface area contributed by atoms with E-state index in [1.165, 1.54) is 0 Å². The van der Waals surface area contributed by atoms with Crippen LogP contribution >= 0.6 is 11.8 Å². The Hall–Kier alpha value is -1.49. The number of amides is 2. The number of nitrogens with zero attached hydrogens (tertiary/aromatic N) is 2. The molecule has 2 aliphatic heterocycles. The molecule has 0 bridgehead atoms. The summed E-state index contributed by atoms with van der Waals surface area (Å²) in [5.41, 5.74) is 1.28. The van der Waals surface area contributed by atoms with Crippen LogP contribution in [0.2, 0.25) is 0 Å². The summed E-state index contributed by atoms with van der Waals surface area (Å²) in [5.74, 6) is 1.05. The lowest BCUT2D eigenvalue weighted by molar-refractivity contribution is -0.143. The molecule has 2 aliphatic rings. The third-order valence-electron chi connectivity index (χ3n) is 5.80. The number of hydrogen-bond donors (Lipinski definition) is 0. The SMILES string of the molecule is CCN1CC2(CCN(C(=O)CSC)CC2)CC(c2ccccc2)C1=O. The standard InChI is InChI=1S/C20H28N2O2S/c1-3-21-15-20(9-11-22(12-10-20)18(23)14-25-2)13-17(19(21)24)16-7-5-4-6-8-16/h4-8,17H,3,9-15H2,1-2H3. The van der Waals surface area contributed by atoms with Crippen molar-refractivity contribution in [3.05, 3.63) is 35.9 Å². The molecule has 4 nitrogen and oxygen atoms in total. The van der Waals surface area contributed by atoms with Gasteiger partial charge >= 0.3 is 0 Å². The van der Waals surface area contributed by atoms with Gasteiger partial charge in [-0.1, -0.05) is 30.3 Å². The number of likely N-dealkylation sites (tertiary alicyclic amines) is 2. The van der Waals surface area contributed by atoms with Crippen molar-refractivity contribution in [2.45, 2.75) is 32.1 Å². The fourth-order valence-electron chi connectivity index (χ4n) is 4.31. The van der Waals surface area contributed by atoms with Gasteiger partial charge in [0.1, 0.15) is 0 Å². The van der Waals surface area contributed by atoms with Gasteiger partial charge in [0, 0.05) is 26.2 Å². The molecule has 3 rings (SSSR count). The molecule has 0 radical (unpaired) electrons. The highest BCUT2D eigenvalue weighted by Crippen LogP contribution is 2.45. The maximum Gasteiger partial charge on any atom is 0.232 e. The van der Waals surface area contributed by atoms with Crippen LogP contribution in [0.1, 0.15) is 37.7 Å². The van der Waals surface area contributed by atoms with Crippen LogP contribution in [0.15, 0.2) is 30.3 Å². The summed E-state index contributed by atoms with van der Waals surface area (Å²) in [6, 6.07) is 10.2. The predicted octanol–water partition coefficient (Wildman–Crippen LogP) is 2.99. The van der Waals surface area contributed by atoms with Gasteiger partial charge in [-0.25, -0.2) is 0 Å². The van der Waals surface area contributed by atoms with Crippen molar-refractivity contribution in [1.29, 1.82) is 0 Å². The largest absolute Gasteiger partial charge is 0.342 e. The first kappa shape index (κ1) is 18.3. The van der Waals surface area contributed by atoms with Crippen molar-refractivity contribution >= 4 is 23.6 Å². The monoisotopic (exact) mass is 360 g/mol. The van der Waals surface area contributed by atoms with Gasteiger partial charge in [0.25, 0.3) is 0 Å². The van der Waals surface area contributed by atoms with E-state index in [1.54, 1.807) is 11.8 Å². The van der Waals surface area contributed by atoms with Crippen molar-refractivity contribution in [3.8, 4) is 0 Å². The Kier molecular flexibility index (Phi) is 5.72. The van der Waals surface area contributed by atoms with Gasteiger partial charge in [0.15, 0.2) is 0 Å². The van der Waals surface area contributed by atoms with Crippen molar-refractivity contribution in [1.82, 2.24) is 9.80 Å². The summed E-state index contributed by atoms with van der Waals surface area (Å²) in [6.45, 7) is 5.32. The first-order valence-corrected chi connectivity index (χ1v) is 10.6. The Morgan fingerprint density at radius 2 is 1.92 bits per heavy atom. The van der Waals surface area contributed by atoms with Crippen molar-refractivity contribution in [2.75, 3.05) is 38.2 Å². The highest BCUT2D eigenvalue weighted by atomic mass is 32.2. The normalized spacial score (nSPS) is 23.1. The fourth-order valence-corrected chi connectivity index (χ4v) is 4.74. The molecule has 1 unspecified atom stereocenters. The number of carbonyl (C=O) groups is 2. The molecular formula is C20H28N2O2S. The Labute approximate surface area is 154 Å². The van der Waals surface area contributed by atoms with E-state index in [9.17, 15) is 9.59 Å². The molecule has 1 spiro atoms. The van der Waals surface area contributed by atoms with Crippen LogP contribution in [0.25, 0.3) is 0 Å². The molecule has 1 aromatic carbocycles. The number of thioether (sulfide) groups is 1. The number of carbonyl (C=O) groups excluding carboxylic acids is 2. The molecule has 25 heavy (non-hydrogen) atoms. The molecular weight excluding hydrogens is 332 g/mol. The number of hydrogen-bond acceptors (Lipinski definition) is 3. The third-order valence-corrected chi connectivity index (χ3v) is 6.34. The van der Waals surface area contributed by atoms with E-state index in [0.29, 0.717) is 5.75 Å². The van der Waals surface area contributed by atoms with Crippen LogP contribution in [0.3, 0.4) is 0 Å². The average molecular weight is 361 g/mol. The number of likely N-dealkylation sites (N-methyl/N-ethyl adjacent to an activating group) is 1. The highest BCUT2D eigenvalue weighted by molar-refractivity contribution is 7.99. The van der Waals surface area contributed by atoms with Gasteiger partial charge in [-0.05, 0) is 43.4 Å². The second-order valence-electron chi connectivity index (χ2n) is 7.33. The van der Waals surface area contributed by atoms with E-state index >= 15 is 0 Å². The smallest absolute Gasteiger partial charge is 0.232 e. The van der Waals surface area contributed by atoms with E-state index in [1.807, 2.05) is 34.3 Å². The highest BCUT2D eigenvalue weighted by Gasteiger charge is 2.46. The Bertz CT molecular complexity index is 611. The summed E-state index contributed by atoms with van der Waals surface area (Å²) >= 11 is 1.59. The molecule has 0 saturated carbocycles. The van der Waals surface area contributed by atoms with Gasteiger partial charge in [0.05, 0.1) is 11.7 Å². The van der Waals surface area contributed by atoms with Crippen molar-refractivity contribution in [3.63, 3.8) is 0 Å². The summed E-state index contributed by atoms with van der Waals surface area (Å²) in [4.78, 5) is 29.1. The second kappa shape index (κ2) is 7.81. The van der Waals surface area contributed by atoms with Crippen LogP contribution in [0, 0.1) is 5.41 Å². The lowest BCUT2D eigenvalue weighted by atomic mass is 9.67. The van der Waals surface area contributed by atoms with Crippen LogP contribution in [0.4, 0.5) is 0 Å². The summed E-state index contributed by atoms with van der Waals surface area (Å²) in [5, 5.41) is 0. The zero-order valence-electron chi connectivity index (χ0n) is 15.2. The molecule has 2 heterocycles. The molecule has 136 valence electrons. The van der Waals surface area contributed by atoms with Crippen LogP contribution in [-0.4, -0.2) is 59.8 Å². The number of rotatable bonds is 4. The van der Waals surface area contributed by atoms with Crippen molar-refractivity contribution in [2.24, 2.45) is 5.41 Å². The van der Waals surface area contributed by atoms with Gasteiger partial charge in [-0.3, -0.25) is 9.59 Å². The second-order valence-corrected chi connectivity index (χ2v) is 8.20. The van der Waals surface area contributed by atoms with Crippen LogP contribution in [-0.2, 0) is 9.59 Å². The van der Waals surface area contributed by atoms with Crippen molar-refractivity contribution < 1.29 is 9.59 Å². The molecule has 2 amide bonds. The molecule has 0 aliphatic carbocycles. The fraction of sp³-hybridized carbons (Fsp3) is 0.600. The quantitative estimate of drug-likeness (QED) is 0.829. The molecule has 0 N–H and O–H groups in total. The summed E-state index contributed by atoms with van der Waals surface area (Å²) < 4.78 is 0. The van der Waals surface area contributed by atoms with E-state index in [-0.39, 0.29) is 23.1 Å². The zero-order chi connectivity index (χ0) is 17.9. The van der Waals surface area contributed by atoms with E-state index in [2.05, 4.69) is 19.1 Å². The van der Waals surface area contributed by atoms with Gasteiger partial charge in [-0.2, -0.15) is 11.8 Å². The molecule has 1 aromatic rings. The van der Waals surface area contributed by atoms with Gasteiger partial charge in [-0.15, -0.1) is 0 Å². The summed E-state index contributed by atoms with van der Waals surface area (Å²) in [7, 11) is 0. The minimum Gasteiger partial charge on any atom is -0.342 e. The lowest BCUT2D eigenvalue weighted by Crippen LogP contribution is -2.54. The summed E-state index contributed by atoms with van der Waals surface area (Å²) in [6.07, 6.45) is 4.89.